The molecule has 126 valence electrons. The number of fused-ring (bicyclic) bond motifs is 1. The average molecular weight is 347 g/mol. The Hall–Kier alpha value is -2.14. The molecule has 0 aromatic heterocycles. The lowest BCUT2D eigenvalue weighted by Crippen LogP contribution is -2.48. The highest BCUT2D eigenvalue weighted by Crippen LogP contribution is 2.39. The van der Waals surface area contributed by atoms with Gasteiger partial charge in [-0.15, -0.1) is 0 Å². The third-order valence-corrected chi connectivity index (χ3v) is 4.99. The minimum atomic E-state index is -0.821. The van der Waals surface area contributed by atoms with Gasteiger partial charge in [0.1, 0.15) is 6.04 Å². The highest BCUT2D eigenvalue weighted by molar-refractivity contribution is 6.30. The summed E-state index contributed by atoms with van der Waals surface area (Å²) < 4.78 is 0. The van der Waals surface area contributed by atoms with Crippen LogP contribution in [0, 0.1) is 11.8 Å². The minimum Gasteiger partial charge on any atom is -0.350 e. The number of hydrogen-bond acceptors (Lipinski definition) is 3. The smallest absolute Gasteiger partial charge is 0.243 e. The summed E-state index contributed by atoms with van der Waals surface area (Å²) in [5.74, 6) is -1.71. The van der Waals surface area contributed by atoms with Crippen molar-refractivity contribution in [3.8, 4) is 0 Å². The molecule has 3 rings (SSSR count). The second-order valence-electron chi connectivity index (χ2n) is 6.23. The van der Waals surface area contributed by atoms with Crippen molar-refractivity contribution < 1.29 is 14.4 Å². The first-order valence-corrected chi connectivity index (χ1v) is 8.40. The van der Waals surface area contributed by atoms with Crippen molar-refractivity contribution in [2.24, 2.45) is 11.8 Å². The van der Waals surface area contributed by atoms with Gasteiger partial charge in [-0.3, -0.25) is 19.3 Å². The number of halogens is 1. The van der Waals surface area contributed by atoms with Crippen LogP contribution in [0.25, 0.3) is 0 Å². The quantitative estimate of drug-likeness (QED) is 0.850. The highest BCUT2D eigenvalue weighted by atomic mass is 35.5. The maximum absolute atomic E-state index is 12.6. The van der Waals surface area contributed by atoms with Crippen LogP contribution in [0.3, 0.4) is 0 Å². The molecule has 1 aliphatic heterocycles. The zero-order valence-corrected chi connectivity index (χ0v) is 14.1. The molecule has 3 atom stereocenters. The Morgan fingerprint density at radius 3 is 2.62 bits per heavy atom. The molecule has 0 spiro atoms. The summed E-state index contributed by atoms with van der Waals surface area (Å²) in [4.78, 5) is 38.6. The van der Waals surface area contributed by atoms with Crippen LogP contribution >= 0.6 is 11.6 Å². The first kappa shape index (κ1) is 16.7. The van der Waals surface area contributed by atoms with E-state index >= 15 is 0 Å². The SMILES string of the molecule is C[C@@H](C(=O)NCc1ccccc1)N1C(=O)[C@H]2CC(Cl)=CC[C@H]2C1=O. The average Bonchev–Trinajstić information content (AvgIpc) is 2.83. The van der Waals surface area contributed by atoms with E-state index in [1.54, 1.807) is 13.0 Å². The number of benzene rings is 1. The van der Waals surface area contributed by atoms with E-state index in [-0.39, 0.29) is 23.6 Å². The van der Waals surface area contributed by atoms with E-state index in [0.717, 1.165) is 10.5 Å². The Balaban J connectivity index is 1.66. The molecule has 6 heteroatoms. The summed E-state index contributed by atoms with van der Waals surface area (Å²) >= 11 is 6.00. The molecule has 1 aliphatic carbocycles. The van der Waals surface area contributed by atoms with Crippen molar-refractivity contribution in [2.75, 3.05) is 0 Å². The lowest BCUT2D eigenvalue weighted by Gasteiger charge is -2.22. The number of imide groups is 1. The van der Waals surface area contributed by atoms with Crippen LogP contribution < -0.4 is 5.32 Å². The molecule has 3 amide bonds. The third-order valence-electron chi connectivity index (χ3n) is 4.68. The van der Waals surface area contributed by atoms with Gasteiger partial charge in [0, 0.05) is 11.6 Å². The van der Waals surface area contributed by atoms with Crippen molar-refractivity contribution in [1.82, 2.24) is 10.2 Å². The zero-order valence-electron chi connectivity index (χ0n) is 13.4. The van der Waals surface area contributed by atoms with Gasteiger partial charge in [-0.1, -0.05) is 48.0 Å². The van der Waals surface area contributed by atoms with E-state index in [2.05, 4.69) is 5.32 Å². The predicted octanol–water partition coefficient (Wildman–Crippen LogP) is 2.21. The normalized spacial score (nSPS) is 24.4. The van der Waals surface area contributed by atoms with Gasteiger partial charge in [0.05, 0.1) is 11.8 Å². The number of likely N-dealkylation sites (tertiary alicyclic amines) is 1. The largest absolute Gasteiger partial charge is 0.350 e. The molecule has 24 heavy (non-hydrogen) atoms. The van der Waals surface area contributed by atoms with Gasteiger partial charge in [-0.25, -0.2) is 0 Å². The molecular formula is C18H19ClN2O3. The number of amides is 3. The summed E-state index contributed by atoms with van der Waals surface area (Å²) in [6.45, 7) is 1.95. The van der Waals surface area contributed by atoms with Crippen LogP contribution in [0.15, 0.2) is 41.4 Å². The minimum absolute atomic E-state index is 0.271. The summed E-state index contributed by atoms with van der Waals surface area (Å²) in [7, 11) is 0. The lowest BCUT2D eigenvalue weighted by molar-refractivity contribution is -0.147. The first-order valence-electron chi connectivity index (χ1n) is 8.02. The van der Waals surface area contributed by atoms with Crippen LogP contribution in [0.2, 0.25) is 0 Å². The Morgan fingerprint density at radius 1 is 1.25 bits per heavy atom. The first-order chi connectivity index (χ1) is 11.5. The van der Waals surface area contributed by atoms with Gasteiger partial charge in [0.2, 0.25) is 17.7 Å². The molecule has 0 bridgehead atoms. The fourth-order valence-corrected chi connectivity index (χ4v) is 3.54. The number of nitrogens with one attached hydrogen (secondary N) is 1. The molecule has 1 N–H and O–H groups in total. The molecule has 2 aliphatic rings. The van der Waals surface area contributed by atoms with Crippen LogP contribution in [0.1, 0.15) is 25.3 Å². The Morgan fingerprint density at radius 2 is 1.92 bits per heavy atom. The molecule has 1 heterocycles. The van der Waals surface area contributed by atoms with Crippen molar-refractivity contribution in [3.05, 3.63) is 47.0 Å². The number of allylic oxidation sites excluding steroid dienone is 2. The molecule has 5 nitrogen and oxygen atoms in total. The Labute approximate surface area is 145 Å². The van der Waals surface area contributed by atoms with Crippen LogP contribution in [-0.2, 0) is 20.9 Å². The monoisotopic (exact) mass is 346 g/mol. The zero-order chi connectivity index (χ0) is 17.3. The van der Waals surface area contributed by atoms with Gasteiger partial charge >= 0.3 is 0 Å². The molecule has 0 radical (unpaired) electrons. The Kier molecular flexibility index (Phi) is 4.71. The van der Waals surface area contributed by atoms with Gasteiger partial charge in [0.15, 0.2) is 0 Å². The van der Waals surface area contributed by atoms with E-state index in [0.29, 0.717) is 24.4 Å². The summed E-state index contributed by atoms with van der Waals surface area (Å²) in [5.41, 5.74) is 0.960. The van der Waals surface area contributed by atoms with Crippen molar-refractivity contribution in [2.45, 2.75) is 32.4 Å². The number of carbonyl (C=O) groups excluding carboxylic acids is 3. The second-order valence-corrected chi connectivity index (χ2v) is 6.72. The van der Waals surface area contributed by atoms with Crippen molar-refractivity contribution in [3.63, 3.8) is 0 Å². The second kappa shape index (κ2) is 6.77. The van der Waals surface area contributed by atoms with Gasteiger partial charge < -0.3 is 5.32 Å². The molecular weight excluding hydrogens is 328 g/mol. The predicted molar refractivity (Wildman–Crippen MR) is 89.8 cm³/mol. The van der Waals surface area contributed by atoms with Crippen molar-refractivity contribution >= 4 is 29.3 Å². The fraction of sp³-hybridized carbons (Fsp3) is 0.389. The number of hydrogen-bond donors (Lipinski definition) is 1. The molecule has 1 saturated heterocycles. The number of carbonyl (C=O) groups is 3. The maximum Gasteiger partial charge on any atom is 0.243 e. The maximum atomic E-state index is 12.6. The van der Waals surface area contributed by atoms with Crippen LogP contribution in [0.5, 0.6) is 0 Å². The lowest BCUT2D eigenvalue weighted by atomic mass is 9.85. The summed E-state index contributed by atoms with van der Waals surface area (Å²) in [6.07, 6.45) is 2.63. The summed E-state index contributed by atoms with van der Waals surface area (Å²) in [5, 5.41) is 3.39. The summed E-state index contributed by atoms with van der Waals surface area (Å²) in [6, 6.07) is 8.66. The highest BCUT2D eigenvalue weighted by Gasteiger charge is 2.50. The Bertz CT molecular complexity index is 701. The molecule has 0 saturated carbocycles. The van der Waals surface area contributed by atoms with E-state index in [9.17, 15) is 14.4 Å². The van der Waals surface area contributed by atoms with E-state index in [1.165, 1.54) is 0 Å². The topological polar surface area (TPSA) is 66.5 Å². The third kappa shape index (κ3) is 3.08. The molecule has 1 aromatic carbocycles. The molecule has 1 aromatic rings. The van der Waals surface area contributed by atoms with Crippen molar-refractivity contribution in [1.29, 1.82) is 0 Å². The van der Waals surface area contributed by atoms with Crippen LogP contribution in [-0.4, -0.2) is 28.7 Å². The van der Waals surface area contributed by atoms with Gasteiger partial charge in [-0.05, 0) is 25.3 Å². The number of nitrogens with zero attached hydrogens (tertiary/aromatic N) is 1. The van der Waals surface area contributed by atoms with Crippen LogP contribution in [0.4, 0.5) is 0 Å². The van der Waals surface area contributed by atoms with Gasteiger partial charge in [0.25, 0.3) is 0 Å². The van der Waals surface area contributed by atoms with E-state index in [4.69, 9.17) is 11.6 Å². The molecule has 1 fully saturated rings. The van der Waals surface area contributed by atoms with E-state index < -0.39 is 12.0 Å². The fourth-order valence-electron chi connectivity index (χ4n) is 3.28. The standard InChI is InChI=1S/C18H19ClN2O3/c1-11(16(22)20-10-12-5-3-2-4-6-12)21-17(23)14-8-7-13(19)9-15(14)18(21)24/h2-7,11,14-15H,8-10H2,1H3,(H,20,22)/t11-,14+,15-/m0/s1. The number of rotatable bonds is 4. The molecule has 0 unspecified atom stereocenters. The van der Waals surface area contributed by atoms with E-state index in [1.807, 2.05) is 30.3 Å². The van der Waals surface area contributed by atoms with Gasteiger partial charge in [-0.2, -0.15) is 0 Å².